The van der Waals surface area contributed by atoms with Crippen molar-refractivity contribution in [3.63, 3.8) is 0 Å². The van der Waals surface area contributed by atoms with Gasteiger partial charge in [-0.1, -0.05) is 6.07 Å². The molecule has 0 aliphatic rings. The second kappa shape index (κ2) is 9.68. The van der Waals surface area contributed by atoms with E-state index in [1.807, 2.05) is 37.2 Å². The van der Waals surface area contributed by atoms with E-state index in [4.69, 9.17) is 9.47 Å². The van der Waals surface area contributed by atoms with Crippen LogP contribution >= 0.6 is 0 Å². The van der Waals surface area contributed by atoms with Crippen LogP contribution < -0.4 is 20.1 Å². The van der Waals surface area contributed by atoms with Crippen molar-refractivity contribution < 1.29 is 19.1 Å². The van der Waals surface area contributed by atoms with Gasteiger partial charge in [-0.3, -0.25) is 9.59 Å². The Morgan fingerprint density at radius 1 is 1.00 bits per heavy atom. The Hall–Kier alpha value is -2.28. The van der Waals surface area contributed by atoms with Gasteiger partial charge in [0.15, 0.2) is 11.5 Å². The van der Waals surface area contributed by atoms with Crippen LogP contribution in [0.25, 0.3) is 0 Å². The van der Waals surface area contributed by atoms with E-state index in [9.17, 15) is 9.59 Å². The van der Waals surface area contributed by atoms with Crippen molar-refractivity contribution in [1.29, 1.82) is 0 Å². The maximum atomic E-state index is 11.7. The zero-order valence-electron chi connectivity index (χ0n) is 14.1. The average Bonchev–Trinajstić information content (AvgIpc) is 2.53. The summed E-state index contributed by atoms with van der Waals surface area (Å²) in [4.78, 5) is 25.1. The van der Waals surface area contributed by atoms with Gasteiger partial charge in [0.2, 0.25) is 0 Å². The highest BCUT2D eigenvalue weighted by atomic mass is 16.5. The summed E-state index contributed by atoms with van der Waals surface area (Å²) in [5, 5.41) is 5.17. The molecule has 0 radical (unpaired) electrons. The smallest absolute Gasteiger partial charge is 0.309 e. The first-order valence-electron chi connectivity index (χ1n) is 7.39. The quantitative estimate of drug-likeness (QED) is 0.660. The fraction of sp³-hybridized carbons (Fsp3) is 0.500. The lowest BCUT2D eigenvalue weighted by molar-refractivity contribution is -0.139. The van der Waals surface area contributed by atoms with E-state index in [1.54, 1.807) is 14.2 Å². The largest absolute Gasteiger partial charge is 0.493 e. The number of amides is 2. The van der Waals surface area contributed by atoms with Gasteiger partial charge < -0.3 is 25.0 Å². The van der Waals surface area contributed by atoms with E-state index in [0.717, 1.165) is 5.56 Å². The van der Waals surface area contributed by atoms with Crippen molar-refractivity contribution >= 4 is 11.8 Å². The topological polar surface area (TPSA) is 79.9 Å². The molecule has 0 aromatic heterocycles. The lowest BCUT2D eigenvalue weighted by Gasteiger charge is -2.11. The van der Waals surface area contributed by atoms with Crippen LogP contribution in [0, 0.1) is 0 Å². The van der Waals surface area contributed by atoms with Gasteiger partial charge in [0.05, 0.1) is 14.2 Å². The third kappa shape index (κ3) is 6.56. The van der Waals surface area contributed by atoms with Gasteiger partial charge in [-0.2, -0.15) is 0 Å². The number of rotatable bonds is 8. The van der Waals surface area contributed by atoms with Crippen LogP contribution in [-0.4, -0.2) is 64.7 Å². The molecule has 0 bridgehead atoms. The number of carbonyl (C=O) groups excluding carboxylic acids is 2. The first-order valence-corrected chi connectivity index (χ1v) is 7.39. The number of ether oxygens (including phenoxy) is 2. The van der Waals surface area contributed by atoms with Crippen LogP contribution in [0.15, 0.2) is 18.2 Å². The average molecular weight is 323 g/mol. The van der Waals surface area contributed by atoms with Crippen molar-refractivity contribution in [2.24, 2.45) is 0 Å². The number of carbonyl (C=O) groups is 2. The molecular weight excluding hydrogens is 298 g/mol. The molecule has 0 fully saturated rings. The number of nitrogens with one attached hydrogen (secondary N) is 2. The van der Waals surface area contributed by atoms with Crippen LogP contribution in [0.5, 0.6) is 11.5 Å². The van der Waals surface area contributed by atoms with Crippen LogP contribution in [0.1, 0.15) is 5.56 Å². The lowest BCUT2D eigenvalue weighted by Crippen LogP contribution is -2.42. The highest BCUT2D eigenvalue weighted by Gasteiger charge is 2.12. The van der Waals surface area contributed by atoms with Gasteiger partial charge in [0.25, 0.3) is 0 Å². The van der Waals surface area contributed by atoms with E-state index in [0.29, 0.717) is 37.6 Å². The molecule has 0 saturated heterocycles. The summed E-state index contributed by atoms with van der Waals surface area (Å²) in [5.74, 6) is 0.0571. The highest BCUT2D eigenvalue weighted by molar-refractivity contribution is 6.35. The fourth-order valence-corrected chi connectivity index (χ4v) is 1.91. The predicted molar refractivity (Wildman–Crippen MR) is 87.8 cm³/mol. The van der Waals surface area contributed by atoms with E-state index in [2.05, 4.69) is 10.6 Å². The minimum atomic E-state index is -0.621. The zero-order valence-corrected chi connectivity index (χ0v) is 14.1. The van der Waals surface area contributed by atoms with Crippen LogP contribution in [0.4, 0.5) is 0 Å². The molecule has 0 aliphatic carbocycles. The first-order chi connectivity index (χ1) is 11.0. The molecule has 128 valence electrons. The van der Waals surface area contributed by atoms with Gasteiger partial charge in [0, 0.05) is 19.6 Å². The fourth-order valence-electron chi connectivity index (χ4n) is 1.91. The van der Waals surface area contributed by atoms with Crippen LogP contribution in [0.2, 0.25) is 0 Å². The van der Waals surface area contributed by atoms with Crippen molar-refractivity contribution in [2.45, 2.75) is 6.42 Å². The maximum Gasteiger partial charge on any atom is 0.309 e. The van der Waals surface area contributed by atoms with Crippen molar-refractivity contribution in [1.82, 2.24) is 15.5 Å². The number of nitrogens with zero attached hydrogens (tertiary/aromatic N) is 1. The van der Waals surface area contributed by atoms with Crippen molar-refractivity contribution in [3.05, 3.63) is 23.8 Å². The molecule has 0 heterocycles. The predicted octanol–water partition coefficient (Wildman–Crippen LogP) is 0.0403. The van der Waals surface area contributed by atoms with E-state index >= 15 is 0 Å². The molecule has 7 nitrogen and oxygen atoms in total. The van der Waals surface area contributed by atoms with Gasteiger partial charge in [-0.15, -0.1) is 0 Å². The minimum Gasteiger partial charge on any atom is -0.493 e. The zero-order chi connectivity index (χ0) is 17.2. The van der Waals surface area contributed by atoms with Gasteiger partial charge in [-0.25, -0.2) is 0 Å². The molecular formula is C16H25N3O4. The molecule has 1 rings (SSSR count). The molecule has 0 aliphatic heterocycles. The number of hydrogen-bond donors (Lipinski definition) is 2. The van der Waals surface area contributed by atoms with E-state index in [-0.39, 0.29) is 0 Å². The van der Waals surface area contributed by atoms with E-state index < -0.39 is 11.8 Å². The molecule has 1 aromatic carbocycles. The standard InChI is InChI=1S/C16H25N3O4/c1-19(2)10-9-18-16(21)15(20)17-8-7-12-5-6-13(22-3)14(11-12)23-4/h5-6,11H,7-10H2,1-4H3,(H,17,20)(H,18,21). The van der Waals surface area contributed by atoms with E-state index in [1.165, 1.54) is 0 Å². The lowest BCUT2D eigenvalue weighted by atomic mass is 10.1. The normalized spacial score (nSPS) is 10.3. The summed E-state index contributed by atoms with van der Waals surface area (Å²) >= 11 is 0. The maximum absolute atomic E-state index is 11.7. The summed E-state index contributed by atoms with van der Waals surface area (Å²) in [6.45, 7) is 1.50. The molecule has 7 heteroatoms. The molecule has 2 amide bonds. The second-order valence-electron chi connectivity index (χ2n) is 5.25. The Labute approximate surface area is 136 Å². The van der Waals surface area contributed by atoms with Gasteiger partial charge in [0.1, 0.15) is 0 Å². The molecule has 23 heavy (non-hydrogen) atoms. The third-order valence-electron chi connectivity index (χ3n) is 3.20. The molecule has 1 aromatic rings. The van der Waals surface area contributed by atoms with Gasteiger partial charge >= 0.3 is 11.8 Å². The Morgan fingerprint density at radius 2 is 1.61 bits per heavy atom. The Morgan fingerprint density at radius 3 is 2.17 bits per heavy atom. The third-order valence-corrected chi connectivity index (χ3v) is 3.20. The van der Waals surface area contributed by atoms with Crippen molar-refractivity contribution in [3.8, 4) is 11.5 Å². The molecule has 2 N–H and O–H groups in total. The molecule has 0 spiro atoms. The number of methoxy groups -OCH3 is 2. The summed E-state index contributed by atoms with van der Waals surface area (Å²) in [6.07, 6.45) is 0.594. The highest BCUT2D eigenvalue weighted by Crippen LogP contribution is 2.27. The summed E-state index contributed by atoms with van der Waals surface area (Å²) in [7, 11) is 6.94. The van der Waals surface area contributed by atoms with Crippen molar-refractivity contribution in [2.75, 3.05) is 47.9 Å². The van der Waals surface area contributed by atoms with Crippen LogP contribution in [0.3, 0.4) is 0 Å². The Kier molecular flexibility index (Phi) is 7.90. The number of benzene rings is 1. The summed E-state index contributed by atoms with van der Waals surface area (Å²) < 4.78 is 10.4. The monoisotopic (exact) mass is 323 g/mol. The van der Waals surface area contributed by atoms with Crippen LogP contribution in [-0.2, 0) is 16.0 Å². The Bertz CT molecular complexity index is 532. The summed E-state index contributed by atoms with van der Waals surface area (Å²) in [5.41, 5.74) is 0.982. The Balaban J connectivity index is 2.38. The summed E-state index contributed by atoms with van der Waals surface area (Å²) in [6, 6.07) is 5.55. The SMILES string of the molecule is COc1ccc(CCNC(=O)C(=O)NCCN(C)C)cc1OC. The first kappa shape index (κ1) is 18.8. The number of likely N-dealkylation sites (N-methyl/N-ethyl adjacent to an activating group) is 1. The molecule has 0 saturated carbocycles. The number of hydrogen-bond acceptors (Lipinski definition) is 5. The van der Waals surface area contributed by atoms with Gasteiger partial charge in [-0.05, 0) is 38.2 Å². The molecule has 0 unspecified atom stereocenters. The second-order valence-corrected chi connectivity index (χ2v) is 5.25. The molecule has 0 atom stereocenters. The minimum absolute atomic E-state index is 0.370.